The molecule has 2 N–H and O–H groups in total. The number of carbonyl (C=O) groups excluding carboxylic acids is 1. The Hall–Kier alpha value is -2.00. The molecule has 2 aromatic heterocycles. The summed E-state index contributed by atoms with van der Waals surface area (Å²) in [5.74, 6) is 1.42. The Morgan fingerprint density at radius 2 is 2.38 bits per heavy atom. The van der Waals surface area contributed by atoms with Crippen LogP contribution in [0.3, 0.4) is 0 Å². The van der Waals surface area contributed by atoms with Crippen LogP contribution in [0.2, 0.25) is 0 Å². The van der Waals surface area contributed by atoms with E-state index in [1.807, 2.05) is 11.5 Å². The van der Waals surface area contributed by atoms with E-state index in [0.29, 0.717) is 30.5 Å². The zero-order chi connectivity index (χ0) is 15.0. The van der Waals surface area contributed by atoms with Crippen LogP contribution in [-0.4, -0.2) is 44.2 Å². The van der Waals surface area contributed by atoms with Crippen LogP contribution in [0, 0.1) is 0 Å². The molecule has 9 heteroatoms. The predicted octanol–water partition coefficient (Wildman–Crippen LogP) is 0.680. The number of methoxy groups -OCH3 is 1. The standard InChI is InChI=1S/C12H16N6O2S/c1-7-3-17(11(19)8-6-21-12(13)14-8)4-9-15-16-10(5-20-2)18(7)9/h6-7H,3-5H2,1-2H3,(H2,13,14)/t7-/m0/s1. The molecule has 2 aromatic rings. The summed E-state index contributed by atoms with van der Waals surface area (Å²) in [5.41, 5.74) is 5.97. The minimum absolute atomic E-state index is 0.0915. The first kappa shape index (κ1) is 14.0. The lowest BCUT2D eigenvalue weighted by molar-refractivity contribution is 0.0670. The molecule has 0 radical (unpaired) electrons. The van der Waals surface area contributed by atoms with Crippen LogP contribution in [0.15, 0.2) is 5.38 Å². The van der Waals surface area contributed by atoms with Crippen molar-refractivity contribution < 1.29 is 9.53 Å². The lowest BCUT2D eigenvalue weighted by Crippen LogP contribution is -2.41. The summed E-state index contributed by atoms with van der Waals surface area (Å²) in [5, 5.41) is 10.4. The molecule has 8 nitrogen and oxygen atoms in total. The van der Waals surface area contributed by atoms with Crippen molar-refractivity contribution in [1.29, 1.82) is 0 Å². The average molecular weight is 308 g/mol. The minimum Gasteiger partial charge on any atom is -0.377 e. The van der Waals surface area contributed by atoms with E-state index in [9.17, 15) is 4.79 Å². The largest absolute Gasteiger partial charge is 0.377 e. The molecular formula is C12H16N6O2S. The molecule has 0 unspecified atom stereocenters. The van der Waals surface area contributed by atoms with Gasteiger partial charge in [-0.25, -0.2) is 4.98 Å². The van der Waals surface area contributed by atoms with Gasteiger partial charge < -0.3 is 19.9 Å². The summed E-state index contributed by atoms with van der Waals surface area (Å²) in [6, 6.07) is 0.0915. The van der Waals surface area contributed by atoms with E-state index in [4.69, 9.17) is 10.5 Å². The molecule has 0 aliphatic carbocycles. The Bertz CT molecular complexity index is 667. The Morgan fingerprint density at radius 1 is 1.57 bits per heavy atom. The van der Waals surface area contributed by atoms with E-state index >= 15 is 0 Å². The first-order valence-electron chi connectivity index (χ1n) is 6.52. The van der Waals surface area contributed by atoms with Crippen molar-refractivity contribution >= 4 is 22.4 Å². The van der Waals surface area contributed by atoms with Gasteiger partial charge in [0, 0.05) is 19.0 Å². The topological polar surface area (TPSA) is 99.2 Å². The van der Waals surface area contributed by atoms with Crippen LogP contribution in [-0.2, 0) is 17.9 Å². The number of aromatic nitrogens is 4. The first-order chi connectivity index (χ1) is 10.1. The van der Waals surface area contributed by atoms with Gasteiger partial charge in [-0.05, 0) is 6.92 Å². The highest BCUT2D eigenvalue weighted by atomic mass is 32.1. The number of hydrogen-bond acceptors (Lipinski definition) is 7. The van der Waals surface area contributed by atoms with E-state index in [-0.39, 0.29) is 11.9 Å². The summed E-state index contributed by atoms with van der Waals surface area (Å²) in [6.45, 7) is 3.43. The highest BCUT2D eigenvalue weighted by Gasteiger charge is 2.30. The maximum atomic E-state index is 12.4. The quantitative estimate of drug-likeness (QED) is 0.895. The Balaban J connectivity index is 1.83. The van der Waals surface area contributed by atoms with Crippen molar-refractivity contribution in [1.82, 2.24) is 24.6 Å². The lowest BCUT2D eigenvalue weighted by atomic mass is 10.2. The van der Waals surface area contributed by atoms with E-state index in [1.54, 1.807) is 17.4 Å². The summed E-state index contributed by atoms with van der Waals surface area (Å²) in [7, 11) is 1.62. The fourth-order valence-corrected chi connectivity index (χ4v) is 3.08. The molecule has 1 amide bonds. The molecule has 0 bridgehead atoms. The summed E-state index contributed by atoms with van der Waals surface area (Å²) < 4.78 is 7.15. The lowest BCUT2D eigenvalue weighted by Gasteiger charge is -2.32. The van der Waals surface area contributed by atoms with Crippen LogP contribution >= 0.6 is 11.3 Å². The van der Waals surface area contributed by atoms with Crippen molar-refractivity contribution in [2.75, 3.05) is 19.4 Å². The molecule has 3 heterocycles. The van der Waals surface area contributed by atoms with Crippen LogP contribution in [0.25, 0.3) is 0 Å². The van der Waals surface area contributed by atoms with Crippen LogP contribution in [0.4, 0.5) is 5.13 Å². The molecule has 0 fully saturated rings. The number of thiazole rings is 1. The summed E-state index contributed by atoms with van der Waals surface area (Å²) in [4.78, 5) is 18.2. The van der Waals surface area contributed by atoms with Gasteiger partial charge in [-0.3, -0.25) is 4.79 Å². The third-order valence-electron chi connectivity index (χ3n) is 3.40. The third-order valence-corrected chi connectivity index (χ3v) is 4.07. The van der Waals surface area contributed by atoms with Crippen molar-refractivity contribution in [3.05, 3.63) is 22.7 Å². The van der Waals surface area contributed by atoms with Gasteiger partial charge in [0.05, 0.1) is 12.6 Å². The van der Waals surface area contributed by atoms with Gasteiger partial charge in [0.25, 0.3) is 5.91 Å². The third kappa shape index (κ3) is 2.49. The molecule has 0 saturated carbocycles. The Kier molecular flexibility index (Phi) is 3.60. The molecule has 1 aliphatic heterocycles. The number of nitrogen functional groups attached to an aromatic ring is 1. The van der Waals surface area contributed by atoms with Gasteiger partial charge in [0.2, 0.25) is 0 Å². The van der Waals surface area contributed by atoms with E-state index in [2.05, 4.69) is 15.2 Å². The number of hydrogen-bond donors (Lipinski definition) is 1. The minimum atomic E-state index is -0.127. The molecular weight excluding hydrogens is 292 g/mol. The van der Waals surface area contributed by atoms with Crippen molar-refractivity contribution in [3.63, 3.8) is 0 Å². The monoisotopic (exact) mass is 308 g/mol. The number of nitrogens with two attached hydrogens (primary N) is 1. The number of amides is 1. The maximum absolute atomic E-state index is 12.4. The smallest absolute Gasteiger partial charge is 0.273 e. The number of nitrogens with zero attached hydrogens (tertiary/aromatic N) is 5. The van der Waals surface area contributed by atoms with Crippen molar-refractivity contribution in [2.24, 2.45) is 0 Å². The van der Waals surface area contributed by atoms with Crippen LogP contribution in [0.5, 0.6) is 0 Å². The number of carbonyl (C=O) groups is 1. The van der Waals surface area contributed by atoms with Gasteiger partial charge in [-0.15, -0.1) is 21.5 Å². The van der Waals surface area contributed by atoms with Crippen LogP contribution < -0.4 is 5.73 Å². The van der Waals surface area contributed by atoms with Gasteiger partial charge in [0.15, 0.2) is 16.8 Å². The molecule has 0 spiro atoms. The number of rotatable bonds is 3. The van der Waals surface area contributed by atoms with Gasteiger partial charge in [-0.2, -0.15) is 0 Å². The van der Waals surface area contributed by atoms with Crippen molar-refractivity contribution in [2.45, 2.75) is 26.1 Å². The molecule has 112 valence electrons. The zero-order valence-corrected chi connectivity index (χ0v) is 12.6. The Labute approximate surface area is 125 Å². The number of fused-ring (bicyclic) bond motifs is 1. The van der Waals surface area contributed by atoms with E-state index in [1.165, 1.54) is 11.3 Å². The second-order valence-corrected chi connectivity index (χ2v) is 5.83. The molecule has 1 atom stereocenters. The highest BCUT2D eigenvalue weighted by molar-refractivity contribution is 7.13. The van der Waals surface area contributed by atoms with Gasteiger partial charge >= 0.3 is 0 Å². The molecule has 0 saturated heterocycles. The highest BCUT2D eigenvalue weighted by Crippen LogP contribution is 2.24. The maximum Gasteiger partial charge on any atom is 0.273 e. The molecule has 0 aromatic carbocycles. The van der Waals surface area contributed by atoms with Crippen LogP contribution in [0.1, 0.15) is 35.1 Å². The van der Waals surface area contributed by atoms with E-state index < -0.39 is 0 Å². The molecule has 21 heavy (non-hydrogen) atoms. The summed E-state index contributed by atoms with van der Waals surface area (Å²) >= 11 is 1.26. The average Bonchev–Trinajstić information content (AvgIpc) is 3.05. The van der Waals surface area contributed by atoms with E-state index in [0.717, 1.165) is 11.6 Å². The fraction of sp³-hybridized carbons (Fsp3) is 0.500. The molecule has 1 aliphatic rings. The molecule has 3 rings (SSSR count). The summed E-state index contributed by atoms with van der Waals surface area (Å²) in [6.07, 6.45) is 0. The SMILES string of the molecule is COCc1nnc2n1[C@@H](C)CN(C(=O)c1csc(N)n1)C2. The fourth-order valence-electron chi connectivity index (χ4n) is 2.54. The second kappa shape index (κ2) is 5.41. The van der Waals surface area contributed by atoms with Gasteiger partial charge in [0.1, 0.15) is 12.3 Å². The van der Waals surface area contributed by atoms with Gasteiger partial charge in [-0.1, -0.05) is 0 Å². The number of anilines is 1. The van der Waals surface area contributed by atoms with Crippen molar-refractivity contribution in [3.8, 4) is 0 Å². The second-order valence-electron chi connectivity index (χ2n) is 4.94. The Morgan fingerprint density at radius 3 is 3.05 bits per heavy atom. The first-order valence-corrected chi connectivity index (χ1v) is 7.40. The predicted molar refractivity (Wildman–Crippen MR) is 76.7 cm³/mol. The normalized spacial score (nSPS) is 17.8. The number of ether oxygens (including phenoxy) is 1. The zero-order valence-electron chi connectivity index (χ0n) is 11.8.